The van der Waals surface area contributed by atoms with Crippen LogP contribution in [0.3, 0.4) is 0 Å². The fraction of sp³-hybridized carbons (Fsp3) is 0.421. The van der Waals surface area contributed by atoms with E-state index in [1.165, 1.54) is 0 Å². The first-order valence-electron chi connectivity index (χ1n) is 8.54. The molecule has 1 aromatic heterocycles. The maximum absolute atomic E-state index is 9.59. The zero-order valence-corrected chi connectivity index (χ0v) is 14.6. The van der Waals surface area contributed by atoms with Gasteiger partial charge in [0.05, 0.1) is 12.9 Å². The minimum Gasteiger partial charge on any atom is -0.467 e. The molecule has 25 heavy (non-hydrogen) atoms. The highest BCUT2D eigenvalue weighted by atomic mass is 16.5. The second-order valence-electron chi connectivity index (χ2n) is 5.66. The first kappa shape index (κ1) is 19.0. The predicted octanol–water partition coefficient (Wildman–Crippen LogP) is 2.13. The van der Waals surface area contributed by atoms with Crippen LogP contribution in [0.15, 0.2) is 58.1 Å². The number of nitrogens with zero attached hydrogens (tertiary/aromatic N) is 1. The van der Waals surface area contributed by atoms with E-state index in [1.807, 2.05) is 42.5 Å². The maximum atomic E-state index is 9.59. The molecule has 1 atom stereocenters. The molecule has 136 valence electrons. The number of benzene rings is 1. The summed E-state index contributed by atoms with van der Waals surface area (Å²) in [6.45, 7) is 2.61. The summed E-state index contributed by atoms with van der Waals surface area (Å²) in [4.78, 5) is 4.20. The van der Waals surface area contributed by atoms with Crippen LogP contribution in [-0.4, -0.2) is 44.4 Å². The molecule has 6 nitrogen and oxygen atoms in total. The van der Waals surface area contributed by atoms with Crippen molar-refractivity contribution in [3.63, 3.8) is 0 Å². The molecular formula is C19H27N3O3. The number of nitrogens with one attached hydrogen (secondary N) is 2. The maximum Gasteiger partial charge on any atom is 0.191 e. The van der Waals surface area contributed by atoms with Gasteiger partial charge in [0, 0.05) is 32.7 Å². The molecule has 1 aromatic carbocycles. The third kappa shape index (κ3) is 6.99. The van der Waals surface area contributed by atoms with Crippen molar-refractivity contribution in [1.82, 2.24) is 10.6 Å². The average Bonchev–Trinajstić information content (AvgIpc) is 3.17. The number of guanidine groups is 1. The van der Waals surface area contributed by atoms with Gasteiger partial charge < -0.3 is 24.9 Å². The van der Waals surface area contributed by atoms with Gasteiger partial charge in [-0.3, -0.25) is 4.99 Å². The summed E-state index contributed by atoms with van der Waals surface area (Å²) in [5.74, 6) is 1.60. The Morgan fingerprint density at radius 2 is 2.04 bits per heavy atom. The molecule has 1 unspecified atom stereocenters. The first-order chi connectivity index (χ1) is 12.3. The number of aliphatic hydroxyl groups excluding tert-OH is 1. The number of aliphatic hydroxyl groups is 1. The minimum absolute atomic E-state index is 0.0383. The predicted molar refractivity (Wildman–Crippen MR) is 98.6 cm³/mol. The lowest BCUT2D eigenvalue weighted by Crippen LogP contribution is -2.40. The normalized spacial score (nSPS) is 12.8. The quantitative estimate of drug-likeness (QED) is 0.349. The van der Waals surface area contributed by atoms with E-state index in [9.17, 15) is 5.11 Å². The summed E-state index contributed by atoms with van der Waals surface area (Å²) in [7, 11) is 1.74. The molecule has 1 heterocycles. The Bertz CT molecular complexity index is 600. The number of aliphatic imine (C=N–C) groups is 1. The summed E-state index contributed by atoms with van der Waals surface area (Å²) < 4.78 is 10.7. The topological polar surface area (TPSA) is 79.0 Å². The number of hydrogen-bond donors (Lipinski definition) is 3. The first-order valence-corrected chi connectivity index (χ1v) is 8.54. The van der Waals surface area contributed by atoms with Crippen LogP contribution in [0.5, 0.6) is 0 Å². The van der Waals surface area contributed by atoms with Gasteiger partial charge in [0.2, 0.25) is 0 Å². The Labute approximate surface area is 148 Å². The van der Waals surface area contributed by atoms with Crippen LogP contribution in [-0.2, 0) is 11.3 Å². The van der Waals surface area contributed by atoms with E-state index < -0.39 is 0 Å². The largest absolute Gasteiger partial charge is 0.467 e. The van der Waals surface area contributed by atoms with E-state index >= 15 is 0 Å². The van der Waals surface area contributed by atoms with E-state index in [2.05, 4.69) is 15.6 Å². The van der Waals surface area contributed by atoms with E-state index in [1.54, 1.807) is 13.3 Å². The molecule has 0 spiro atoms. The van der Waals surface area contributed by atoms with Gasteiger partial charge in [-0.1, -0.05) is 30.3 Å². The lowest BCUT2D eigenvalue weighted by atomic mass is 10.0. The smallest absolute Gasteiger partial charge is 0.191 e. The standard InChI is InChI=1S/C19H27N3O3/c1-20-19(21-10-6-11-24-15-18-9-5-12-25-18)22-13-17(14-23)16-7-3-2-4-8-16/h2-5,7-9,12,17,23H,6,10-11,13-15H2,1H3,(H2,20,21,22). The number of hydrogen-bond acceptors (Lipinski definition) is 4. The van der Waals surface area contributed by atoms with E-state index in [0.717, 1.165) is 30.2 Å². The highest BCUT2D eigenvalue weighted by Gasteiger charge is 2.10. The molecule has 0 bridgehead atoms. The summed E-state index contributed by atoms with van der Waals surface area (Å²) >= 11 is 0. The van der Waals surface area contributed by atoms with Crippen molar-refractivity contribution in [2.75, 3.05) is 33.4 Å². The summed E-state index contributed by atoms with van der Waals surface area (Å²) in [6.07, 6.45) is 2.51. The highest BCUT2D eigenvalue weighted by Crippen LogP contribution is 2.13. The molecule has 0 aliphatic carbocycles. The van der Waals surface area contributed by atoms with Gasteiger partial charge in [0.1, 0.15) is 12.4 Å². The molecule has 0 aliphatic heterocycles. The summed E-state index contributed by atoms with van der Waals surface area (Å²) in [5.41, 5.74) is 1.11. The SMILES string of the molecule is CN=C(NCCCOCc1ccco1)NCC(CO)c1ccccc1. The summed E-state index contributed by atoms with van der Waals surface area (Å²) in [5, 5.41) is 16.1. The van der Waals surface area contributed by atoms with E-state index in [0.29, 0.717) is 19.8 Å². The minimum atomic E-state index is 0.0383. The van der Waals surface area contributed by atoms with Gasteiger partial charge in [0.15, 0.2) is 5.96 Å². The van der Waals surface area contributed by atoms with Gasteiger partial charge in [-0.2, -0.15) is 0 Å². The van der Waals surface area contributed by atoms with Crippen molar-refractivity contribution in [3.05, 3.63) is 60.1 Å². The molecule has 2 aromatic rings. The second-order valence-corrected chi connectivity index (χ2v) is 5.66. The number of ether oxygens (including phenoxy) is 1. The molecule has 2 rings (SSSR count). The number of rotatable bonds is 10. The van der Waals surface area contributed by atoms with Crippen molar-refractivity contribution in [2.24, 2.45) is 4.99 Å². The third-order valence-electron chi connectivity index (χ3n) is 3.81. The molecule has 0 fully saturated rings. The lowest BCUT2D eigenvalue weighted by Gasteiger charge is -2.18. The van der Waals surface area contributed by atoms with Gasteiger partial charge >= 0.3 is 0 Å². The number of furan rings is 1. The molecule has 0 radical (unpaired) electrons. The van der Waals surface area contributed by atoms with Gasteiger partial charge in [-0.25, -0.2) is 0 Å². The van der Waals surface area contributed by atoms with Crippen molar-refractivity contribution >= 4 is 5.96 Å². The Balaban J connectivity index is 1.61. The Morgan fingerprint density at radius 1 is 1.20 bits per heavy atom. The van der Waals surface area contributed by atoms with Crippen molar-refractivity contribution in [1.29, 1.82) is 0 Å². The monoisotopic (exact) mass is 345 g/mol. The molecule has 3 N–H and O–H groups in total. The Kier molecular flexibility index (Phi) is 8.58. The van der Waals surface area contributed by atoms with Crippen LogP contribution >= 0.6 is 0 Å². The van der Waals surface area contributed by atoms with Crippen LogP contribution in [0, 0.1) is 0 Å². The van der Waals surface area contributed by atoms with Crippen LogP contribution in [0.1, 0.15) is 23.7 Å². The fourth-order valence-electron chi connectivity index (χ4n) is 2.40. The van der Waals surface area contributed by atoms with Gasteiger partial charge in [-0.15, -0.1) is 0 Å². The van der Waals surface area contributed by atoms with Crippen molar-refractivity contribution in [2.45, 2.75) is 18.9 Å². The Morgan fingerprint density at radius 3 is 2.72 bits per heavy atom. The van der Waals surface area contributed by atoms with Crippen LogP contribution in [0.2, 0.25) is 0 Å². The third-order valence-corrected chi connectivity index (χ3v) is 3.81. The van der Waals surface area contributed by atoms with Gasteiger partial charge in [-0.05, 0) is 24.1 Å². The van der Waals surface area contributed by atoms with Gasteiger partial charge in [0.25, 0.3) is 0 Å². The highest BCUT2D eigenvalue weighted by molar-refractivity contribution is 5.79. The zero-order chi connectivity index (χ0) is 17.7. The summed E-state index contributed by atoms with van der Waals surface area (Å²) in [6, 6.07) is 13.7. The van der Waals surface area contributed by atoms with Crippen LogP contribution < -0.4 is 10.6 Å². The molecule has 0 saturated heterocycles. The molecule has 0 saturated carbocycles. The second kappa shape index (κ2) is 11.3. The zero-order valence-electron chi connectivity index (χ0n) is 14.6. The molecule has 0 aliphatic rings. The van der Waals surface area contributed by atoms with Crippen molar-refractivity contribution in [3.8, 4) is 0 Å². The molecule has 0 amide bonds. The fourth-order valence-corrected chi connectivity index (χ4v) is 2.40. The van der Waals surface area contributed by atoms with E-state index in [-0.39, 0.29) is 12.5 Å². The van der Waals surface area contributed by atoms with Crippen molar-refractivity contribution < 1.29 is 14.3 Å². The molecular weight excluding hydrogens is 318 g/mol. The van der Waals surface area contributed by atoms with Crippen LogP contribution in [0.4, 0.5) is 0 Å². The Hall–Kier alpha value is -2.31. The van der Waals surface area contributed by atoms with E-state index in [4.69, 9.17) is 9.15 Å². The molecule has 6 heteroatoms. The van der Waals surface area contributed by atoms with Crippen LogP contribution in [0.25, 0.3) is 0 Å². The lowest BCUT2D eigenvalue weighted by molar-refractivity contribution is 0.105. The average molecular weight is 345 g/mol.